The van der Waals surface area contributed by atoms with Crippen LogP contribution in [0, 0.1) is 5.82 Å². The largest absolute Gasteiger partial charge is 0.329 e. The fourth-order valence-electron chi connectivity index (χ4n) is 2.81. The van der Waals surface area contributed by atoms with Crippen molar-refractivity contribution in [1.29, 1.82) is 0 Å². The fourth-order valence-corrected chi connectivity index (χ4v) is 4.26. The predicted molar refractivity (Wildman–Crippen MR) is 78.6 cm³/mol. The molecule has 3 N–H and O–H groups in total. The Hall–Kier alpha value is -1.05. The SMILES string of the molecule is NCC1(NS(=O)(=O)c2cncc(F)c2)CCCCCCC1. The Bertz CT molecular complexity index is 569. The highest BCUT2D eigenvalue weighted by Crippen LogP contribution is 2.27. The molecule has 7 heteroatoms. The molecule has 5 nitrogen and oxygen atoms in total. The zero-order valence-electron chi connectivity index (χ0n) is 12.0. The van der Waals surface area contributed by atoms with Crippen molar-refractivity contribution in [3.05, 3.63) is 24.3 Å². The van der Waals surface area contributed by atoms with Crippen LogP contribution in [0.25, 0.3) is 0 Å². The van der Waals surface area contributed by atoms with E-state index in [1.165, 1.54) is 6.42 Å². The molecule has 21 heavy (non-hydrogen) atoms. The van der Waals surface area contributed by atoms with Crippen LogP contribution in [0.5, 0.6) is 0 Å². The number of nitrogens with zero attached hydrogens (tertiary/aromatic N) is 1. The number of halogens is 1. The molecule has 1 saturated carbocycles. The second-order valence-corrected chi connectivity index (χ2v) is 7.38. The minimum atomic E-state index is -3.81. The molecule has 1 aliphatic carbocycles. The second-order valence-electron chi connectivity index (χ2n) is 5.70. The molecule has 1 heterocycles. The smallest absolute Gasteiger partial charge is 0.242 e. The zero-order valence-corrected chi connectivity index (χ0v) is 12.8. The van der Waals surface area contributed by atoms with E-state index in [0.717, 1.165) is 44.1 Å². The lowest BCUT2D eigenvalue weighted by molar-refractivity contribution is 0.296. The van der Waals surface area contributed by atoms with Gasteiger partial charge in [-0.05, 0) is 18.9 Å². The summed E-state index contributed by atoms with van der Waals surface area (Å²) >= 11 is 0. The Balaban J connectivity index is 2.23. The lowest BCUT2D eigenvalue weighted by Gasteiger charge is -2.34. The normalized spacial score (nSPS) is 19.7. The van der Waals surface area contributed by atoms with Crippen LogP contribution in [0.4, 0.5) is 4.39 Å². The highest BCUT2D eigenvalue weighted by molar-refractivity contribution is 7.89. The number of hydrogen-bond acceptors (Lipinski definition) is 4. The van der Waals surface area contributed by atoms with Gasteiger partial charge in [0.2, 0.25) is 10.0 Å². The van der Waals surface area contributed by atoms with Gasteiger partial charge in [0.05, 0.1) is 6.20 Å². The molecule has 118 valence electrons. The number of hydrogen-bond donors (Lipinski definition) is 2. The minimum Gasteiger partial charge on any atom is -0.329 e. The monoisotopic (exact) mass is 315 g/mol. The van der Waals surface area contributed by atoms with Crippen LogP contribution < -0.4 is 10.5 Å². The molecule has 0 spiro atoms. The van der Waals surface area contributed by atoms with Crippen molar-refractivity contribution in [2.45, 2.75) is 55.4 Å². The van der Waals surface area contributed by atoms with Gasteiger partial charge in [-0.15, -0.1) is 0 Å². The number of nitrogens with one attached hydrogen (secondary N) is 1. The molecule has 0 bridgehead atoms. The van der Waals surface area contributed by atoms with E-state index in [1.54, 1.807) is 0 Å². The second kappa shape index (κ2) is 6.81. The summed E-state index contributed by atoms with van der Waals surface area (Å²) in [5.41, 5.74) is 5.22. The highest BCUT2D eigenvalue weighted by Gasteiger charge is 2.34. The van der Waals surface area contributed by atoms with Gasteiger partial charge < -0.3 is 5.73 Å². The molecule has 0 atom stereocenters. The number of rotatable bonds is 4. The van der Waals surface area contributed by atoms with E-state index in [1.807, 2.05) is 0 Å². The lowest BCUT2D eigenvalue weighted by atomic mass is 9.85. The maximum Gasteiger partial charge on any atom is 0.242 e. The lowest BCUT2D eigenvalue weighted by Crippen LogP contribution is -2.53. The Morgan fingerprint density at radius 2 is 1.81 bits per heavy atom. The van der Waals surface area contributed by atoms with Crippen molar-refractivity contribution in [1.82, 2.24) is 9.71 Å². The summed E-state index contributed by atoms with van der Waals surface area (Å²) in [5.74, 6) is -0.669. The molecule has 2 rings (SSSR count). The summed E-state index contributed by atoms with van der Waals surface area (Å²) in [7, 11) is -3.81. The van der Waals surface area contributed by atoms with Gasteiger partial charge in [-0.1, -0.05) is 32.1 Å². The minimum absolute atomic E-state index is 0.155. The zero-order chi connectivity index (χ0) is 15.3. The van der Waals surface area contributed by atoms with Crippen LogP contribution in [0.1, 0.15) is 44.9 Å². The predicted octanol–water partition coefficient (Wildman–Crippen LogP) is 1.94. The van der Waals surface area contributed by atoms with Gasteiger partial charge in [0.15, 0.2) is 0 Å². The number of nitrogens with two attached hydrogens (primary N) is 1. The van der Waals surface area contributed by atoms with Crippen molar-refractivity contribution in [3.8, 4) is 0 Å². The van der Waals surface area contributed by atoms with E-state index >= 15 is 0 Å². The molecule has 0 unspecified atom stereocenters. The van der Waals surface area contributed by atoms with E-state index in [9.17, 15) is 12.8 Å². The Morgan fingerprint density at radius 3 is 2.38 bits per heavy atom. The van der Waals surface area contributed by atoms with E-state index in [2.05, 4.69) is 9.71 Å². The number of pyridine rings is 1. The third-order valence-electron chi connectivity index (χ3n) is 4.04. The molecule has 1 aliphatic rings. The summed E-state index contributed by atoms with van der Waals surface area (Å²) in [5, 5.41) is 0. The average Bonchev–Trinajstić information content (AvgIpc) is 2.42. The maximum atomic E-state index is 13.2. The van der Waals surface area contributed by atoms with Crippen LogP contribution in [-0.2, 0) is 10.0 Å². The van der Waals surface area contributed by atoms with Crippen LogP contribution >= 0.6 is 0 Å². The number of sulfonamides is 1. The quantitative estimate of drug-likeness (QED) is 0.889. The topological polar surface area (TPSA) is 85.1 Å². The summed E-state index contributed by atoms with van der Waals surface area (Å²) in [6.07, 6.45) is 8.81. The molecule has 0 aromatic carbocycles. The van der Waals surface area contributed by atoms with Gasteiger partial charge in [0.25, 0.3) is 0 Å². The van der Waals surface area contributed by atoms with Gasteiger partial charge in [0.1, 0.15) is 10.7 Å². The van der Waals surface area contributed by atoms with Gasteiger partial charge >= 0.3 is 0 Å². The Labute approximate surface area is 125 Å². The summed E-state index contributed by atoms with van der Waals surface area (Å²) in [4.78, 5) is 3.45. The van der Waals surface area contributed by atoms with Crippen LogP contribution in [0.2, 0.25) is 0 Å². The first-order valence-electron chi connectivity index (χ1n) is 7.32. The van der Waals surface area contributed by atoms with Crippen LogP contribution in [0.15, 0.2) is 23.4 Å². The standard InChI is InChI=1S/C14H22FN3O2S/c15-12-8-13(10-17-9-12)21(19,20)18-14(11-16)6-4-2-1-3-5-7-14/h8-10,18H,1-7,11,16H2. The third-order valence-corrected chi connectivity index (χ3v) is 5.59. The molecule has 0 aliphatic heterocycles. The molecule has 0 saturated heterocycles. The van der Waals surface area contributed by atoms with Gasteiger partial charge in [-0.25, -0.2) is 17.5 Å². The van der Waals surface area contributed by atoms with Crippen molar-refractivity contribution in [2.24, 2.45) is 5.73 Å². The first kappa shape index (κ1) is 16.3. The van der Waals surface area contributed by atoms with E-state index in [-0.39, 0.29) is 11.4 Å². The first-order valence-corrected chi connectivity index (χ1v) is 8.80. The molecule has 1 aromatic heterocycles. The van der Waals surface area contributed by atoms with Gasteiger partial charge in [0, 0.05) is 18.3 Å². The number of aromatic nitrogens is 1. The maximum absolute atomic E-state index is 13.2. The highest BCUT2D eigenvalue weighted by atomic mass is 32.2. The van der Waals surface area contributed by atoms with Gasteiger partial charge in [-0.3, -0.25) is 4.98 Å². The van der Waals surface area contributed by atoms with Gasteiger partial charge in [-0.2, -0.15) is 0 Å². The summed E-state index contributed by atoms with van der Waals surface area (Å²) in [6.45, 7) is 0.245. The first-order chi connectivity index (χ1) is 9.97. The summed E-state index contributed by atoms with van der Waals surface area (Å²) in [6, 6.07) is 0.975. The Kier molecular flexibility index (Phi) is 5.29. The van der Waals surface area contributed by atoms with E-state index in [0.29, 0.717) is 12.8 Å². The van der Waals surface area contributed by atoms with Crippen molar-refractivity contribution in [2.75, 3.05) is 6.54 Å². The van der Waals surface area contributed by atoms with Crippen molar-refractivity contribution >= 4 is 10.0 Å². The van der Waals surface area contributed by atoms with Crippen LogP contribution in [0.3, 0.4) is 0 Å². The molecular weight excluding hydrogens is 293 g/mol. The summed E-state index contributed by atoms with van der Waals surface area (Å²) < 4.78 is 40.8. The molecule has 1 fully saturated rings. The van der Waals surface area contributed by atoms with E-state index in [4.69, 9.17) is 5.73 Å². The van der Waals surface area contributed by atoms with E-state index < -0.39 is 21.4 Å². The molecule has 1 aromatic rings. The average molecular weight is 315 g/mol. The fraction of sp³-hybridized carbons (Fsp3) is 0.643. The molecular formula is C14H22FN3O2S. The van der Waals surface area contributed by atoms with Crippen molar-refractivity contribution < 1.29 is 12.8 Å². The third kappa shape index (κ3) is 4.21. The van der Waals surface area contributed by atoms with Crippen LogP contribution in [-0.4, -0.2) is 25.5 Å². The van der Waals surface area contributed by atoms with Crippen molar-refractivity contribution in [3.63, 3.8) is 0 Å². The Morgan fingerprint density at radius 1 is 1.19 bits per heavy atom. The molecule has 0 radical (unpaired) electrons. The molecule has 0 amide bonds.